The third-order valence-electron chi connectivity index (χ3n) is 8.39. The Balaban J connectivity index is 1.56. The summed E-state index contributed by atoms with van der Waals surface area (Å²) >= 11 is -2.73. The van der Waals surface area contributed by atoms with Gasteiger partial charge in [-0.2, -0.15) is 0 Å². The van der Waals surface area contributed by atoms with Crippen LogP contribution in [0.25, 0.3) is 55.1 Å². The minimum absolute atomic E-state index is 1.31. The molecule has 0 aliphatic carbocycles. The van der Waals surface area contributed by atoms with E-state index in [2.05, 4.69) is 139 Å². The van der Waals surface area contributed by atoms with Crippen LogP contribution >= 0.6 is 0 Å². The molecule has 37 heavy (non-hydrogen) atoms. The number of hydrogen-bond acceptors (Lipinski definition) is 0. The van der Waals surface area contributed by atoms with Crippen molar-refractivity contribution in [1.82, 2.24) is 0 Å². The Morgan fingerprint density at radius 1 is 0.568 bits per heavy atom. The summed E-state index contributed by atoms with van der Waals surface area (Å²) in [6.45, 7) is 2.28. The third kappa shape index (κ3) is 3.20. The Morgan fingerprint density at radius 2 is 1.22 bits per heavy atom. The number of fused-ring (bicyclic) bond motifs is 6. The molecule has 5 aromatic carbocycles. The fourth-order valence-electron chi connectivity index (χ4n) is 6.77. The summed E-state index contributed by atoms with van der Waals surface area (Å²) in [5.41, 5.74) is 9.77. The quantitative estimate of drug-likeness (QED) is 0.124. The number of aryl methyl sites for hydroxylation is 2. The molecular formula is C35H30GeN+. The van der Waals surface area contributed by atoms with Crippen molar-refractivity contribution in [2.75, 3.05) is 0 Å². The van der Waals surface area contributed by atoms with E-state index < -0.39 is 13.3 Å². The second-order valence-corrected chi connectivity index (χ2v) is 19.8. The van der Waals surface area contributed by atoms with E-state index in [0.717, 1.165) is 0 Å². The van der Waals surface area contributed by atoms with E-state index >= 15 is 0 Å². The summed E-state index contributed by atoms with van der Waals surface area (Å²) in [5, 5.41) is 5.31. The number of pyridine rings is 1. The molecule has 0 saturated heterocycles. The van der Waals surface area contributed by atoms with E-state index in [0.29, 0.717) is 0 Å². The predicted octanol–water partition coefficient (Wildman–Crippen LogP) is 7.26. The first-order chi connectivity index (χ1) is 18.0. The zero-order valence-corrected chi connectivity index (χ0v) is 23.9. The van der Waals surface area contributed by atoms with E-state index in [1.165, 1.54) is 60.6 Å². The average Bonchev–Trinajstić information content (AvgIpc) is 3.15. The van der Waals surface area contributed by atoms with Crippen LogP contribution in [0.15, 0.2) is 109 Å². The zero-order valence-electron chi connectivity index (χ0n) is 21.8. The summed E-state index contributed by atoms with van der Waals surface area (Å²) < 4.78 is 5.51. The molecule has 178 valence electrons. The average molecular weight is 537 g/mol. The molecule has 0 atom stereocenters. The Labute approximate surface area is 221 Å². The van der Waals surface area contributed by atoms with Gasteiger partial charge in [0.25, 0.3) is 0 Å². The van der Waals surface area contributed by atoms with Gasteiger partial charge in [0.2, 0.25) is 0 Å². The molecule has 7 rings (SSSR count). The van der Waals surface area contributed by atoms with Crippen LogP contribution < -0.4 is 13.4 Å². The first-order valence-electron chi connectivity index (χ1n) is 13.1. The van der Waals surface area contributed by atoms with Crippen molar-refractivity contribution in [1.29, 1.82) is 0 Å². The standard InChI is InChI=1S/C35H30GeN/c1-23-19-20-30-28-16-11-17-29(31-22-24-12-5-6-13-25(24)26-14-7-8-15-27(26)31)34(28)36(2,3)35(30)33(23)32-18-9-10-21-37(32)4/h5-22H,1-4H3/q+1. The number of hydrogen-bond donors (Lipinski definition) is 0. The SMILES string of the molecule is Cc1ccc2[c](c1-c1cccc[n+]1C)[Ge]([CH3])([CH3])[c]1c-2cccc1-c1cc2ccccc2c2ccccc12. The van der Waals surface area contributed by atoms with Gasteiger partial charge in [0.1, 0.15) is 0 Å². The molecule has 0 radical (unpaired) electrons. The second-order valence-electron chi connectivity index (χ2n) is 10.9. The van der Waals surface area contributed by atoms with Gasteiger partial charge in [-0.3, -0.25) is 0 Å². The van der Waals surface area contributed by atoms with Crippen molar-refractivity contribution in [3.63, 3.8) is 0 Å². The summed E-state index contributed by atoms with van der Waals surface area (Å²) in [6.07, 6.45) is 2.17. The fraction of sp³-hybridized carbons (Fsp3) is 0.114. The molecule has 0 spiro atoms. The van der Waals surface area contributed by atoms with E-state index in [1.807, 2.05) is 0 Å². The van der Waals surface area contributed by atoms with Gasteiger partial charge in [0, 0.05) is 0 Å². The first kappa shape index (κ1) is 22.5. The van der Waals surface area contributed by atoms with Crippen LogP contribution in [0.2, 0.25) is 11.5 Å². The van der Waals surface area contributed by atoms with Gasteiger partial charge >= 0.3 is 222 Å². The molecule has 0 saturated carbocycles. The summed E-state index contributed by atoms with van der Waals surface area (Å²) in [6, 6.07) is 38.5. The third-order valence-corrected chi connectivity index (χ3v) is 15.9. The van der Waals surface area contributed by atoms with Crippen LogP contribution in [0, 0.1) is 6.92 Å². The van der Waals surface area contributed by atoms with Crippen LogP contribution in [0.5, 0.6) is 0 Å². The van der Waals surface area contributed by atoms with Crippen molar-refractivity contribution in [3.8, 4) is 33.5 Å². The van der Waals surface area contributed by atoms with E-state index in [9.17, 15) is 0 Å². The Morgan fingerprint density at radius 3 is 2.00 bits per heavy atom. The second kappa shape index (κ2) is 8.16. The van der Waals surface area contributed by atoms with Gasteiger partial charge in [-0.1, -0.05) is 0 Å². The fourth-order valence-corrected chi connectivity index (χ4v) is 14.9. The van der Waals surface area contributed by atoms with Gasteiger partial charge in [-0.25, -0.2) is 0 Å². The maximum absolute atomic E-state index is 2.73. The normalized spacial score (nSPS) is 13.6. The molecule has 1 aromatic heterocycles. The minimum atomic E-state index is -2.73. The van der Waals surface area contributed by atoms with Crippen molar-refractivity contribution in [3.05, 3.63) is 115 Å². The monoisotopic (exact) mass is 538 g/mol. The zero-order chi connectivity index (χ0) is 25.3. The molecule has 2 heteroatoms. The van der Waals surface area contributed by atoms with Crippen LogP contribution in [0.3, 0.4) is 0 Å². The predicted molar refractivity (Wildman–Crippen MR) is 160 cm³/mol. The molecule has 1 aliphatic heterocycles. The number of benzene rings is 5. The van der Waals surface area contributed by atoms with Gasteiger partial charge in [-0.15, -0.1) is 0 Å². The van der Waals surface area contributed by atoms with Crippen LogP contribution in [-0.2, 0) is 7.05 Å². The van der Waals surface area contributed by atoms with Crippen molar-refractivity contribution >= 4 is 43.6 Å². The summed E-state index contributed by atoms with van der Waals surface area (Å²) in [5.74, 6) is 5.20. The Kier molecular flexibility index (Phi) is 4.96. The topological polar surface area (TPSA) is 3.88 Å². The molecule has 1 nitrogen and oxygen atoms in total. The van der Waals surface area contributed by atoms with Gasteiger partial charge in [-0.05, 0) is 0 Å². The summed E-state index contributed by atoms with van der Waals surface area (Å²) in [7, 11) is 2.17. The van der Waals surface area contributed by atoms with Gasteiger partial charge in [0.15, 0.2) is 0 Å². The van der Waals surface area contributed by atoms with Crippen molar-refractivity contribution in [2.45, 2.75) is 18.4 Å². The molecule has 1 aliphatic rings. The van der Waals surface area contributed by atoms with E-state index in [1.54, 1.807) is 8.79 Å². The Hall–Kier alpha value is -3.69. The van der Waals surface area contributed by atoms with Crippen LogP contribution in [0.4, 0.5) is 0 Å². The molecule has 0 N–H and O–H groups in total. The molecule has 0 unspecified atom stereocenters. The molecular weight excluding hydrogens is 507 g/mol. The van der Waals surface area contributed by atoms with Gasteiger partial charge < -0.3 is 0 Å². The number of aromatic nitrogens is 1. The molecule has 2 heterocycles. The number of rotatable bonds is 2. The molecule has 0 amide bonds. The van der Waals surface area contributed by atoms with E-state index in [4.69, 9.17) is 0 Å². The summed E-state index contributed by atoms with van der Waals surface area (Å²) in [4.78, 5) is 0. The molecule has 6 aromatic rings. The van der Waals surface area contributed by atoms with E-state index in [-0.39, 0.29) is 0 Å². The van der Waals surface area contributed by atoms with Crippen LogP contribution in [0.1, 0.15) is 5.56 Å². The molecule has 0 bridgehead atoms. The maximum atomic E-state index is 2.60. The molecule has 0 fully saturated rings. The van der Waals surface area contributed by atoms with Crippen molar-refractivity contribution < 1.29 is 4.57 Å². The van der Waals surface area contributed by atoms with Crippen molar-refractivity contribution in [2.24, 2.45) is 7.05 Å². The first-order valence-corrected chi connectivity index (χ1v) is 19.4. The van der Waals surface area contributed by atoms with Crippen LogP contribution in [-0.4, -0.2) is 13.3 Å². The Bertz CT molecular complexity index is 1880. The number of nitrogens with zero attached hydrogens (tertiary/aromatic N) is 1. The van der Waals surface area contributed by atoms with Gasteiger partial charge in [0.05, 0.1) is 0 Å².